The Hall–Kier alpha value is -3.23. The van der Waals surface area contributed by atoms with E-state index in [0.717, 1.165) is 0 Å². The highest BCUT2D eigenvalue weighted by Gasteiger charge is 2.28. The maximum atomic E-state index is 12.4. The van der Waals surface area contributed by atoms with Crippen molar-refractivity contribution in [1.82, 2.24) is 20.3 Å². The minimum atomic E-state index is -4.42. The van der Waals surface area contributed by atoms with Gasteiger partial charge in [0, 0.05) is 0 Å². The number of para-hydroxylation sites is 2. The number of nitrogens with one attached hydrogen (secondary N) is 1. The summed E-state index contributed by atoms with van der Waals surface area (Å²) in [6.07, 6.45) is -1.85. The number of hydrogen-bond donors (Lipinski definition) is 1. The number of benzene rings is 1. The van der Waals surface area contributed by atoms with Crippen LogP contribution in [-0.2, 0) is 0 Å². The van der Waals surface area contributed by atoms with Crippen LogP contribution in [-0.4, -0.2) is 33.6 Å². The van der Waals surface area contributed by atoms with Crippen molar-refractivity contribution in [3.63, 3.8) is 0 Å². The van der Waals surface area contributed by atoms with Crippen molar-refractivity contribution in [3.05, 3.63) is 60.2 Å². The van der Waals surface area contributed by atoms with Crippen LogP contribution in [0.1, 0.15) is 29.1 Å². The molecule has 1 aromatic carbocycles. The molecule has 3 rings (SSSR count). The number of halogens is 3. The van der Waals surface area contributed by atoms with E-state index in [4.69, 9.17) is 0 Å². The van der Waals surface area contributed by atoms with Gasteiger partial charge in [-0.2, -0.15) is 13.2 Å². The van der Waals surface area contributed by atoms with Crippen molar-refractivity contribution in [3.8, 4) is 5.75 Å². The molecule has 1 N–H and O–H groups in total. The Balaban J connectivity index is 1.65. The lowest BCUT2D eigenvalue weighted by molar-refractivity contribution is -0.153. The van der Waals surface area contributed by atoms with E-state index >= 15 is 0 Å². The molecule has 140 valence electrons. The summed E-state index contributed by atoms with van der Waals surface area (Å²) in [4.78, 5) is 24.8. The lowest BCUT2D eigenvalue weighted by Gasteiger charge is -2.14. The average Bonchev–Trinajstić information content (AvgIpc) is 2.65. The first-order valence-corrected chi connectivity index (χ1v) is 8.00. The van der Waals surface area contributed by atoms with Crippen LogP contribution in [0.3, 0.4) is 0 Å². The minimum Gasteiger partial charge on any atom is -0.483 e. The number of amides is 1. The Kier molecular flexibility index (Phi) is 5.20. The van der Waals surface area contributed by atoms with Gasteiger partial charge in [-0.1, -0.05) is 12.1 Å². The van der Waals surface area contributed by atoms with Gasteiger partial charge in [-0.3, -0.25) is 14.8 Å². The normalized spacial score (nSPS) is 12.6. The molecule has 9 heteroatoms. The third-order valence-electron chi connectivity index (χ3n) is 3.63. The van der Waals surface area contributed by atoms with Crippen molar-refractivity contribution in [1.29, 1.82) is 0 Å². The number of aromatic nitrogens is 3. The van der Waals surface area contributed by atoms with E-state index in [1.54, 1.807) is 25.1 Å². The molecule has 0 aliphatic rings. The summed E-state index contributed by atoms with van der Waals surface area (Å²) in [5, 5.41) is 2.73. The number of rotatable bonds is 5. The van der Waals surface area contributed by atoms with E-state index in [9.17, 15) is 18.0 Å². The van der Waals surface area contributed by atoms with Crippen LogP contribution in [0.15, 0.2) is 48.8 Å². The Morgan fingerprint density at radius 3 is 2.52 bits per heavy atom. The average molecular weight is 376 g/mol. The molecule has 0 saturated carbocycles. The number of ether oxygens (including phenoxy) is 1. The SMILES string of the molecule is CC(NC(=O)c1cnc2ccccc2n1)c1ccc(OCC(F)(F)F)cn1. The van der Waals surface area contributed by atoms with E-state index < -0.39 is 24.7 Å². The summed E-state index contributed by atoms with van der Waals surface area (Å²) in [6, 6.07) is 9.54. The Morgan fingerprint density at radius 2 is 1.85 bits per heavy atom. The molecule has 0 fully saturated rings. The molecule has 0 bridgehead atoms. The van der Waals surface area contributed by atoms with E-state index in [1.807, 2.05) is 6.07 Å². The fourth-order valence-electron chi connectivity index (χ4n) is 2.31. The van der Waals surface area contributed by atoms with Crippen LogP contribution >= 0.6 is 0 Å². The standard InChI is InChI=1S/C18H15F3N4O2/c1-11(13-7-6-12(8-22-13)27-10-18(19,20)21)24-17(26)16-9-23-14-4-2-3-5-15(14)25-16/h2-9,11H,10H2,1H3,(H,24,26). The van der Waals surface area contributed by atoms with Crippen LogP contribution in [0, 0.1) is 0 Å². The second-order valence-corrected chi connectivity index (χ2v) is 5.76. The fourth-order valence-corrected chi connectivity index (χ4v) is 2.31. The lowest BCUT2D eigenvalue weighted by Crippen LogP contribution is -2.28. The quantitative estimate of drug-likeness (QED) is 0.738. The van der Waals surface area contributed by atoms with Gasteiger partial charge in [0.25, 0.3) is 5.91 Å². The van der Waals surface area contributed by atoms with Crippen LogP contribution < -0.4 is 10.1 Å². The summed E-state index contributed by atoms with van der Waals surface area (Å²) >= 11 is 0. The summed E-state index contributed by atoms with van der Waals surface area (Å²) in [6.45, 7) is 0.311. The molecule has 0 aliphatic heterocycles. The van der Waals surface area contributed by atoms with Crippen molar-refractivity contribution in [2.75, 3.05) is 6.61 Å². The van der Waals surface area contributed by atoms with E-state index in [0.29, 0.717) is 16.7 Å². The van der Waals surface area contributed by atoms with Crippen LogP contribution in [0.4, 0.5) is 13.2 Å². The summed E-state index contributed by atoms with van der Waals surface area (Å²) in [7, 11) is 0. The van der Waals surface area contributed by atoms with Gasteiger partial charge in [0.15, 0.2) is 6.61 Å². The second-order valence-electron chi connectivity index (χ2n) is 5.76. The fraction of sp³-hybridized carbons (Fsp3) is 0.222. The maximum Gasteiger partial charge on any atom is 0.422 e. The molecule has 3 aromatic rings. The molecule has 0 saturated heterocycles. The monoisotopic (exact) mass is 376 g/mol. The third-order valence-corrected chi connectivity index (χ3v) is 3.63. The Bertz CT molecular complexity index is 945. The van der Waals surface area contributed by atoms with Gasteiger partial charge in [-0.15, -0.1) is 0 Å². The number of nitrogens with zero attached hydrogens (tertiary/aromatic N) is 3. The molecule has 0 spiro atoms. The lowest BCUT2D eigenvalue weighted by atomic mass is 10.2. The minimum absolute atomic E-state index is 0.00463. The summed E-state index contributed by atoms with van der Waals surface area (Å²) in [5.41, 5.74) is 1.91. The van der Waals surface area contributed by atoms with Gasteiger partial charge in [0.05, 0.1) is 35.2 Å². The zero-order valence-corrected chi connectivity index (χ0v) is 14.2. The largest absolute Gasteiger partial charge is 0.483 e. The number of fused-ring (bicyclic) bond motifs is 1. The number of hydrogen-bond acceptors (Lipinski definition) is 5. The highest BCUT2D eigenvalue weighted by Crippen LogP contribution is 2.19. The molecule has 0 aliphatic carbocycles. The number of alkyl halides is 3. The third kappa shape index (κ3) is 4.90. The van der Waals surface area contributed by atoms with Crippen molar-refractivity contribution in [2.24, 2.45) is 0 Å². The highest BCUT2D eigenvalue weighted by molar-refractivity contribution is 5.93. The molecular formula is C18H15F3N4O2. The van der Waals surface area contributed by atoms with E-state index in [-0.39, 0.29) is 11.4 Å². The Labute approximate surface area is 152 Å². The smallest absolute Gasteiger partial charge is 0.422 e. The first-order chi connectivity index (χ1) is 12.8. The zero-order chi connectivity index (χ0) is 19.4. The summed E-state index contributed by atoms with van der Waals surface area (Å²) < 4.78 is 41.0. The van der Waals surface area contributed by atoms with Gasteiger partial charge in [0.1, 0.15) is 11.4 Å². The molecule has 2 aromatic heterocycles. The zero-order valence-electron chi connectivity index (χ0n) is 14.2. The second kappa shape index (κ2) is 7.56. The van der Waals surface area contributed by atoms with Crippen LogP contribution in [0.25, 0.3) is 11.0 Å². The van der Waals surface area contributed by atoms with Gasteiger partial charge < -0.3 is 10.1 Å². The van der Waals surface area contributed by atoms with Crippen molar-refractivity contribution < 1.29 is 22.7 Å². The molecule has 6 nitrogen and oxygen atoms in total. The first-order valence-electron chi connectivity index (χ1n) is 8.00. The van der Waals surface area contributed by atoms with Gasteiger partial charge in [-0.25, -0.2) is 4.98 Å². The molecule has 1 unspecified atom stereocenters. The maximum absolute atomic E-state index is 12.4. The van der Waals surface area contributed by atoms with Gasteiger partial charge in [-0.05, 0) is 31.2 Å². The van der Waals surface area contributed by atoms with E-state index in [1.165, 1.54) is 24.5 Å². The molecular weight excluding hydrogens is 361 g/mol. The molecule has 2 heterocycles. The molecule has 1 atom stereocenters. The van der Waals surface area contributed by atoms with Crippen LogP contribution in [0.2, 0.25) is 0 Å². The predicted octanol–water partition coefficient (Wildman–Crippen LogP) is 3.46. The number of carbonyl (C=O) groups is 1. The van der Waals surface area contributed by atoms with Gasteiger partial charge in [0.2, 0.25) is 0 Å². The number of carbonyl (C=O) groups excluding carboxylic acids is 1. The molecule has 0 radical (unpaired) electrons. The summed E-state index contributed by atoms with van der Waals surface area (Å²) in [5.74, 6) is -0.435. The molecule has 1 amide bonds. The van der Waals surface area contributed by atoms with Crippen molar-refractivity contribution >= 4 is 16.9 Å². The van der Waals surface area contributed by atoms with Crippen molar-refractivity contribution in [2.45, 2.75) is 19.1 Å². The van der Waals surface area contributed by atoms with Crippen LogP contribution in [0.5, 0.6) is 5.75 Å². The van der Waals surface area contributed by atoms with E-state index in [2.05, 4.69) is 25.0 Å². The topological polar surface area (TPSA) is 77.0 Å². The van der Waals surface area contributed by atoms with Gasteiger partial charge >= 0.3 is 6.18 Å². The Morgan fingerprint density at radius 1 is 1.11 bits per heavy atom. The first kappa shape index (κ1) is 18.6. The number of pyridine rings is 1. The molecule has 27 heavy (non-hydrogen) atoms. The predicted molar refractivity (Wildman–Crippen MR) is 91.2 cm³/mol. The highest BCUT2D eigenvalue weighted by atomic mass is 19.4.